The van der Waals surface area contributed by atoms with Gasteiger partial charge in [0.25, 0.3) is 0 Å². The molecule has 174 valence electrons. The van der Waals surface area contributed by atoms with Crippen LogP contribution < -0.4 is 10.1 Å². The topological polar surface area (TPSA) is 50.8 Å². The normalized spacial score (nSPS) is 21.2. The van der Waals surface area contributed by atoms with Crippen LogP contribution in [0.5, 0.6) is 5.75 Å². The van der Waals surface area contributed by atoms with Crippen molar-refractivity contribution in [3.8, 4) is 5.75 Å². The summed E-state index contributed by atoms with van der Waals surface area (Å²) in [5, 5.41) is 3.33. The monoisotopic (exact) mass is 430 g/mol. The van der Waals surface area contributed by atoms with Crippen LogP contribution in [0, 0.1) is 11.8 Å². The molecule has 1 aliphatic carbocycles. The first-order chi connectivity index (χ1) is 15.1. The molecule has 1 aromatic rings. The molecule has 2 fully saturated rings. The van der Waals surface area contributed by atoms with Gasteiger partial charge in [-0.1, -0.05) is 57.6 Å². The van der Waals surface area contributed by atoms with Crippen LogP contribution in [0.3, 0.4) is 0 Å². The molecule has 3 atom stereocenters. The zero-order chi connectivity index (χ0) is 22.1. The summed E-state index contributed by atoms with van der Waals surface area (Å²) < 4.78 is 10.8. The quantitative estimate of drug-likeness (QED) is 0.581. The van der Waals surface area contributed by atoms with E-state index in [4.69, 9.17) is 9.47 Å². The predicted molar refractivity (Wildman–Crippen MR) is 126 cm³/mol. The molecule has 0 bridgehead atoms. The Labute approximate surface area is 188 Å². The van der Waals surface area contributed by atoms with E-state index in [1.54, 1.807) is 7.11 Å². The van der Waals surface area contributed by atoms with Crippen LogP contribution in [0.25, 0.3) is 0 Å². The Morgan fingerprint density at radius 3 is 2.35 bits per heavy atom. The largest absolute Gasteiger partial charge is 0.497 e. The summed E-state index contributed by atoms with van der Waals surface area (Å²) in [6.45, 7) is 5.07. The number of likely N-dealkylation sites (N-methyl/N-ethyl adjacent to an activating group) is 1. The van der Waals surface area contributed by atoms with Gasteiger partial charge in [-0.2, -0.15) is 0 Å². The fourth-order valence-corrected chi connectivity index (χ4v) is 5.44. The summed E-state index contributed by atoms with van der Waals surface area (Å²) in [4.78, 5) is 15.2. The number of carbonyl (C=O) groups is 1. The molecule has 1 aromatic carbocycles. The Morgan fingerprint density at radius 2 is 1.77 bits per heavy atom. The predicted octanol–water partition coefficient (Wildman–Crippen LogP) is 4.61. The highest BCUT2D eigenvalue weighted by Crippen LogP contribution is 2.37. The van der Waals surface area contributed by atoms with E-state index < -0.39 is 0 Å². The standard InChI is InChI=1S/C26H42N2O3/c1-20(18-21-8-6-4-5-7-9-21)24(22-10-12-23(30-3)13-11-22)19-25(27-2)26(29)28-14-16-31-17-15-28/h10-13,20-21,24-25,27H,4-9,14-19H2,1-3H3. The van der Waals surface area contributed by atoms with Gasteiger partial charge in [0.05, 0.1) is 26.4 Å². The van der Waals surface area contributed by atoms with Crippen molar-refractivity contribution in [3.05, 3.63) is 29.8 Å². The van der Waals surface area contributed by atoms with Crippen molar-refractivity contribution in [1.29, 1.82) is 0 Å². The molecule has 1 saturated heterocycles. The second-order valence-electron chi connectivity index (χ2n) is 9.46. The zero-order valence-corrected chi connectivity index (χ0v) is 19.8. The number of amides is 1. The van der Waals surface area contributed by atoms with Gasteiger partial charge >= 0.3 is 0 Å². The summed E-state index contributed by atoms with van der Waals surface area (Å²) in [6.07, 6.45) is 10.3. The fraction of sp³-hybridized carbons (Fsp3) is 0.731. The summed E-state index contributed by atoms with van der Waals surface area (Å²) in [7, 11) is 3.63. The number of hydrogen-bond acceptors (Lipinski definition) is 4. The minimum atomic E-state index is -0.165. The maximum Gasteiger partial charge on any atom is 0.239 e. The van der Waals surface area contributed by atoms with E-state index in [1.165, 1.54) is 50.5 Å². The van der Waals surface area contributed by atoms with Crippen molar-refractivity contribution in [2.75, 3.05) is 40.5 Å². The second-order valence-corrected chi connectivity index (χ2v) is 9.46. The Hall–Kier alpha value is -1.59. The van der Waals surface area contributed by atoms with Crippen molar-refractivity contribution >= 4 is 5.91 Å². The highest BCUT2D eigenvalue weighted by atomic mass is 16.5. The minimum absolute atomic E-state index is 0.165. The van der Waals surface area contributed by atoms with Crippen LogP contribution in [-0.4, -0.2) is 57.3 Å². The maximum atomic E-state index is 13.2. The molecule has 31 heavy (non-hydrogen) atoms. The average Bonchev–Trinajstić information content (AvgIpc) is 3.09. The van der Waals surface area contributed by atoms with Gasteiger partial charge in [-0.3, -0.25) is 4.79 Å². The summed E-state index contributed by atoms with van der Waals surface area (Å²) in [6, 6.07) is 8.33. The maximum absolute atomic E-state index is 13.2. The van der Waals surface area contributed by atoms with Gasteiger partial charge in [0.1, 0.15) is 5.75 Å². The fourth-order valence-electron chi connectivity index (χ4n) is 5.44. The third-order valence-corrected chi connectivity index (χ3v) is 7.37. The van der Waals surface area contributed by atoms with Crippen molar-refractivity contribution in [3.63, 3.8) is 0 Å². The molecule has 3 rings (SSSR count). The first-order valence-electron chi connectivity index (χ1n) is 12.3. The number of ether oxygens (including phenoxy) is 2. The molecule has 1 N–H and O–H groups in total. The number of morpholine rings is 1. The number of benzene rings is 1. The molecule has 5 nitrogen and oxygen atoms in total. The van der Waals surface area contributed by atoms with E-state index in [9.17, 15) is 4.79 Å². The van der Waals surface area contributed by atoms with Gasteiger partial charge < -0.3 is 19.7 Å². The summed E-state index contributed by atoms with van der Waals surface area (Å²) in [5.74, 6) is 2.79. The molecular weight excluding hydrogens is 388 g/mol. The van der Waals surface area contributed by atoms with E-state index in [-0.39, 0.29) is 11.9 Å². The van der Waals surface area contributed by atoms with E-state index in [2.05, 4.69) is 36.5 Å². The average molecular weight is 431 g/mol. The van der Waals surface area contributed by atoms with E-state index in [0.717, 1.165) is 18.1 Å². The number of nitrogens with one attached hydrogen (secondary N) is 1. The molecule has 3 unspecified atom stereocenters. The second kappa shape index (κ2) is 12.4. The molecule has 1 amide bonds. The molecule has 2 aliphatic rings. The Morgan fingerprint density at radius 1 is 1.13 bits per heavy atom. The first-order valence-corrected chi connectivity index (χ1v) is 12.3. The third kappa shape index (κ3) is 6.95. The number of nitrogens with zero attached hydrogens (tertiary/aromatic N) is 1. The van der Waals surface area contributed by atoms with Crippen molar-refractivity contribution < 1.29 is 14.3 Å². The van der Waals surface area contributed by atoms with Crippen molar-refractivity contribution in [2.45, 2.75) is 70.3 Å². The molecule has 5 heteroatoms. The van der Waals surface area contributed by atoms with Crippen LogP contribution in [0.1, 0.15) is 69.8 Å². The number of methoxy groups -OCH3 is 1. The van der Waals surface area contributed by atoms with Crippen LogP contribution in [0.4, 0.5) is 0 Å². The first kappa shape index (κ1) is 24.1. The van der Waals surface area contributed by atoms with E-state index in [0.29, 0.717) is 38.1 Å². The number of carbonyl (C=O) groups excluding carboxylic acids is 1. The number of hydrogen-bond donors (Lipinski definition) is 1. The van der Waals surface area contributed by atoms with Crippen LogP contribution in [0.15, 0.2) is 24.3 Å². The highest BCUT2D eigenvalue weighted by Gasteiger charge is 2.31. The Kier molecular flexibility index (Phi) is 9.66. The van der Waals surface area contributed by atoms with Gasteiger partial charge in [-0.15, -0.1) is 0 Å². The summed E-state index contributed by atoms with van der Waals surface area (Å²) in [5.41, 5.74) is 1.32. The lowest BCUT2D eigenvalue weighted by Gasteiger charge is -2.34. The third-order valence-electron chi connectivity index (χ3n) is 7.37. The van der Waals surface area contributed by atoms with Crippen molar-refractivity contribution in [2.24, 2.45) is 11.8 Å². The molecule has 0 spiro atoms. The Bertz CT molecular complexity index is 649. The van der Waals surface area contributed by atoms with E-state index in [1.807, 2.05) is 11.9 Å². The molecule has 1 heterocycles. The SMILES string of the molecule is CNC(CC(c1ccc(OC)cc1)C(C)CC1CCCCCC1)C(=O)N1CCOCC1. The van der Waals surface area contributed by atoms with Gasteiger partial charge in [0.2, 0.25) is 5.91 Å². The van der Waals surface area contributed by atoms with Gasteiger partial charge in [-0.05, 0) is 55.3 Å². The van der Waals surface area contributed by atoms with Gasteiger partial charge in [0, 0.05) is 13.1 Å². The molecule has 0 radical (unpaired) electrons. The zero-order valence-electron chi connectivity index (χ0n) is 19.8. The van der Waals surface area contributed by atoms with Crippen LogP contribution >= 0.6 is 0 Å². The van der Waals surface area contributed by atoms with Crippen LogP contribution in [0.2, 0.25) is 0 Å². The minimum Gasteiger partial charge on any atom is -0.497 e. The van der Waals surface area contributed by atoms with Crippen LogP contribution in [-0.2, 0) is 9.53 Å². The smallest absolute Gasteiger partial charge is 0.239 e. The van der Waals surface area contributed by atoms with E-state index >= 15 is 0 Å². The summed E-state index contributed by atoms with van der Waals surface area (Å²) >= 11 is 0. The highest BCUT2D eigenvalue weighted by molar-refractivity contribution is 5.82. The molecule has 1 saturated carbocycles. The Balaban J connectivity index is 1.75. The lowest BCUT2D eigenvalue weighted by molar-refractivity contribution is -0.137. The molecule has 0 aromatic heterocycles. The lowest BCUT2D eigenvalue weighted by atomic mass is 9.76. The number of rotatable bonds is 9. The lowest BCUT2D eigenvalue weighted by Crippen LogP contribution is -2.50. The molecule has 1 aliphatic heterocycles. The van der Waals surface area contributed by atoms with Gasteiger partial charge in [0.15, 0.2) is 0 Å². The van der Waals surface area contributed by atoms with Gasteiger partial charge in [-0.25, -0.2) is 0 Å². The molecular formula is C26H42N2O3. The van der Waals surface area contributed by atoms with Crippen molar-refractivity contribution in [1.82, 2.24) is 10.2 Å².